The van der Waals surface area contributed by atoms with E-state index in [2.05, 4.69) is 0 Å². The molecule has 1 saturated carbocycles. The van der Waals surface area contributed by atoms with Gasteiger partial charge in [0, 0.05) is 6.04 Å². The predicted octanol–water partition coefficient (Wildman–Crippen LogP) is -0.310. The molecule has 3 N–H and O–H groups in total. The Balaban J connectivity index is 1.91. The maximum atomic E-state index is 8.25. The van der Waals surface area contributed by atoms with E-state index in [9.17, 15) is 0 Å². The summed E-state index contributed by atoms with van der Waals surface area (Å²) in [5.41, 5.74) is 5.52. The Kier molecular flexibility index (Phi) is 2.45. The van der Waals surface area contributed by atoms with Gasteiger partial charge < -0.3 is 15.6 Å². The number of rotatable bonds is 3. The monoisotopic (exact) mass is 131 g/mol. The number of aliphatic hydroxyl groups is 1. The Morgan fingerprint density at radius 1 is 1.56 bits per heavy atom. The molecule has 1 aliphatic rings. The maximum absolute atomic E-state index is 8.25. The number of nitrogens with two attached hydrogens (primary N) is 1. The number of hydrogen-bond donors (Lipinski definition) is 2. The van der Waals surface area contributed by atoms with Crippen LogP contribution in [0.25, 0.3) is 0 Å². The number of ether oxygens (including phenoxy) is 1. The lowest BCUT2D eigenvalue weighted by atomic mass is 9.82. The zero-order valence-electron chi connectivity index (χ0n) is 5.42. The van der Waals surface area contributed by atoms with Crippen molar-refractivity contribution < 1.29 is 9.84 Å². The summed E-state index contributed by atoms with van der Waals surface area (Å²) in [7, 11) is 0. The molecule has 0 aliphatic heterocycles. The van der Waals surface area contributed by atoms with E-state index < -0.39 is 0 Å². The van der Waals surface area contributed by atoms with E-state index in [0.29, 0.717) is 18.6 Å². The van der Waals surface area contributed by atoms with Crippen LogP contribution in [0.1, 0.15) is 12.8 Å². The lowest BCUT2D eigenvalue weighted by Gasteiger charge is -2.31. The van der Waals surface area contributed by atoms with Crippen molar-refractivity contribution in [3.05, 3.63) is 0 Å². The Labute approximate surface area is 54.8 Å². The van der Waals surface area contributed by atoms with Gasteiger partial charge in [-0.15, -0.1) is 0 Å². The van der Waals surface area contributed by atoms with E-state index in [1.54, 1.807) is 0 Å². The molecular formula is C6H13NO2. The van der Waals surface area contributed by atoms with Crippen LogP contribution >= 0.6 is 0 Å². The van der Waals surface area contributed by atoms with E-state index in [1.807, 2.05) is 0 Å². The summed E-state index contributed by atoms with van der Waals surface area (Å²) in [6.45, 7) is 0.510. The van der Waals surface area contributed by atoms with E-state index in [0.717, 1.165) is 12.8 Å². The molecule has 1 rings (SSSR count). The van der Waals surface area contributed by atoms with Crippen molar-refractivity contribution in [3.8, 4) is 0 Å². The zero-order chi connectivity index (χ0) is 6.69. The minimum Gasteiger partial charge on any atom is -0.371 e. The van der Waals surface area contributed by atoms with E-state index in [-0.39, 0.29) is 6.79 Å². The molecule has 0 bridgehead atoms. The average molecular weight is 131 g/mol. The molecule has 0 amide bonds. The second-order valence-electron chi connectivity index (χ2n) is 2.60. The second kappa shape index (κ2) is 3.15. The topological polar surface area (TPSA) is 55.5 Å². The van der Waals surface area contributed by atoms with Gasteiger partial charge in [-0.2, -0.15) is 0 Å². The van der Waals surface area contributed by atoms with Gasteiger partial charge in [0.05, 0.1) is 6.61 Å². The van der Waals surface area contributed by atoms with E-state index >= 15 is 0 Å². The van der Waals surface area contributed by atoms with Gasteiger partial charge in [0.25, 0.3) is 0 Å². The van der Waals surface area contributed by atoms with Gasteiger partial charge in [0.1, 0.15) is 6.79 Å². The molecular weight excluding hydrogens is 118 g/mol. The van der Waals surface area contributed by atoms with Gasteiger partial charge in [-0.1, -0.05) is 0 Å². The van der Waals surface area contributed by atoms with Crippen LogP contribution in [0.5, 0.6) is 0 Å². The molecule has 0 unspecified atom stereocenters. The zero-order valence-corrected chi connectivity index (χ0v) is 5.42. The van der Waals surface area contributed by atoms with Crippen LogP contribution in [0.4, 0.5) is 0 Å². The first-order valence-corrected chi connectivity index (χ1v) is 3.27. The summed E-state index contributed by atoms with van der Waals surface area (Å²) in [4.78, 5) is 0. The van der Waals surface area contributed by atoms with Gasteiger partial charge in [-0.3, -0.25) is 0 Å². The molecule has 0 aromatic rings. The van der Waals surface area contributed by atoms with Gasteiger partial charge in [-0.05, 0) is 18.8 Å². The van der Waals surface area contributed by atoms with Crippen LogP contribution in [0.3, 0.4) is 0 Å². The first-order chi connectivity index (χ1) is 4.33. The van der Waals surface area contributed by atoms with Crippen LogP contribution in [0.15, 0.2) is 0 Å². The maximum Gasteiger partial charge on any atom is 0.143 e. The van der Waals surface area contributed by atoms with Crippen molar-refractivity contribution in [1.82, 2.24) is 0 Å². The molecule has 0 heterocycles. The minimum absolute atomic E-state index is 0.161. The smallest absolute Gasteiger partial charge is 0.143 e. The summed E-state index contributed by atoms with van der Waals surface area (Å²) in [6.07, 6.45) is 2.11. The lowest BCUT2D eigenvalue weighted by molar-refractivity contribution is -0.0320. The van der Waals surface area contributed by atoms with Gasteiger partial charge >= 0.3 is 0 Å². The average Bonchev–Trinajstić information content (AvgIpc) is 1.78. The van der Waals surface area contributed by atoms with E-state index in [1.165, 1.54) is 0 Å². The van der Waals surface area contributed by atoms with Crippen molar-refractivity contribution in [2.45, 2.75) is 18.9 Å². The molecule has 9 heavy (non-hydrogen) atoms. The van der Waals surface area contributed by atoms with Crippen LogP contribution in [-0.4, -0.2) is 24.5 Å². The summed E-state index contributed by atoms with van der Waals surface area (Å²) in [6, 6.07) is 0.386. The van der Waals surface area contributed by atoms with Gasteiger partial charge in [-0.25, -0.2) is 0 Å². The standard InChI is InChI=1S/C6H13NO2/c7-6-1-5(2-6)3-9-4-8/h5-6,8H,1-4,7H2/t5-,6-. The lowest BCUT2D eigenvalue weighted by Crippen LogP contribution is -2.38. The van der Waals surface area contributed by atoms with Crippen molar-refractivity contribution in [2.24, 2.45) is 11.7 Å². The third-order valence-corrected chi connectivity index (χ3v) is 1.72. The summed E-state index contributed by atoms with van der Waals surface area (Å²) >= 11 is 0. The predicted molar refractivity (Wildman–Crippen MR) is 33.7 cm³/mol. The highest BCUT2D eigenvalue weighted by Crippen LogP contribution is 2.25. The Morgan fingerprint density at radius 3 is 2.67 bits per heavy atom. The van der Waals surface area contributed by atoms with Crippen molar-refractivity contribution >= 4 is 0 Å². The highest BCUT2D eigenvalue weighted by Gasteiger charge is 2.25. The minimum atomic E-state index is -0.161. The first-order valence-electron chi connectivity index (χ1n) is 3.27. The Bertz CT molecular complexity index is 81.1. The fraction of sp³-hybridized carbons (Fsp3) is 1.00. The molecule has 1 fully saturated rings. The van der Waals surface area contributed by atoms with Crippen molar-refractivity contribution in [2.75, 3.05) is 13.4 Å². The van der Waals surface area contributed by atoms with Crippen LogP contribution < -0.4 is 5.73 Å². The van der Waals surface area contributed by atoms with Crippen LogP contribution in [0.2, 0.25) is 0 Å². The molecule has 0 aromatic heterocycles. The molecule has 0 radical (unpaired) electrons. The highest BCUT2D eigenvalue weighted by molar-refractivity contribution is 4.81. The number of aliphatic hydroxyl groups excluding tert-OH is 1. The van der Waals surface area contributed by atoms with Crippen LogP contribution in [0, 0.1) is 5.92 Å². The normalized spacial score (nSPS) is 34.0. The highest BCUT2D eigenvalue weighted by atomic mass is 16.6. The Morgan fingerprint density at radius 2 is 2.22 bits per heavy atom. The molecule has 0 atom stereocenters. The van der Waals surface area contributed by atoms with Gasteiger partial charge in [0.15, 0.2) is 0 Å². The fourth-order valence-corrected chi connectivity index (χ4v) is 1.14. The molecule has 3 heteroatoms. The summed E-state index contributed by atoms with van der Waals surface area (Å²) in [5.74, 6) is 0.604. The molecule has 54 valence electrons. The van der Waals surface area contributed by atoms with Crippen molar-refractivity contribution in [3.63, 3.8) is 0 Å². The van der Waals surface area contributed by atoms with Gasteiger partial charge in [0.2, 0.25) is 0 Å². The molecule has 0 saturated heterocycles. The fourth-order valence-electron chi connectivity index (χ4n) is 1.14. The molecule has 0 spiro atoms. The quantitative estimate of drug-likeness (QED) is 0.516. The summed E-state index contributed by atoms with van der Waals surface area (Å²) < 4.78 is 4.79. The van der Waals surface area contributed by atoms with Crippen molar-refractivity contribution in [1.29, 1.82) is 0 Å². The third-order valence-electron chi connectivity index (χ3n) is 1.72. The SMILES string of the molecule is N[C@H]1C[C@H](COCO)C1. The van der Waals surface area contributed by atoms with Crippen LogP contribution in [-0.2, 0) is 4.74 Å². The Hall–Kier alpha value is -0.120. The number of hydrogen-bond acceptors (Lipinski definition) is 3. The first kappa shape index (κ1) is 6.99. The molecule has 3 nitrogen and oxygen atoms in total. The van der Waals surface area contributed by atoms with E-state index in [4.69, 9.17) is 15.6 Å². The molecule has 1 aliphatic carbocycles. The third kappa shape index (κ3) is 1.93. The second-order valence-corrected chi connectivity index (χ2v) is 2.60. The largest absolute Gasteiger partial charge is 0.371 e. The molecule has 0 aromatic carbocycles. The summed E-state index contributed by atoms with van der Waals surface area (Å²) in [5, 5.41) is 8.25.